The summed E-state index contributed by atoms with van der Waals surface area (Å²) in [5.74, 6) is 0.564. The SMILES string of the molecule is CC(C)NC(=O)CCNC(=O)NCc1ccc(OC2CCCC2)nc1. The van der Waals surface area contributed by atoms with E-state index in [9.17, 15) is 9.59 Å². The number of carbonyl (C=O) groups excluding carboxylic acids is 2. The molecule has 7 nitrogen and oxygen atoms in total. The number of pyridine rings is 1. The number of nitrogens with zero attached hydrogens (tertiary/aromatic N) is 1. The molecule has 25 heavy (non-hydrogen) atoms. The van der Waals surface area contributed by atoms with Crippen molar-refractivity contribution in [1.29, 1.82) is 0 Å². The molecule has 3 N–H and O–H groups in total. The second-order valence-electron chi connectivity index (χ2n) is 6.61. The molecule has 0 spiro atoms. The Morgan fingerprint density at radius 1 is 1.24 bits per heavy atom. The van der Waals surface area contributed by atoms with Crippen LogP contribution in [0.3, 0.4) is 0 Å². The summed E-state index contributed by atoms with van der Waals surface area (Å²) in [7, 11) is 0. The lowest BCUT2D eigenvalue weighted by Gasteiger charge is -2.12. The highest BCUT2D eigenvalue weighted by Crippen LogP contribution is 2.22. The predicted octanol–water partition coefficient (Wildman–Crippen LogP) is 2.12. The summed E-state index contributed by atoms with van der Waals surface area (Å²) in [6.45, 7) is 4.48. The number of hydrogen-bond acceptors (Lipinski definition) is 4. The first kappa shape index (κ1) is 19.0. The minimum Gasteiger partial charge on any atom is -0.474 e. The first-order valence-electron chi connectivity index (χ1n) is 8.95. The standard InChI is InChI=1S/C18H28N4O3/c1-13(2)22-16(23)9-10-19-18(24)21-12-14-7-8-17(20-11-14)25-15-5-3-4-6-15/h7-8,11,13,15H,3-6,9-10,12H2,1-2H3,(H,22,23)(H2,19,21,24). The third kappa shape index (κ3) is 7.41. The van der Waals surface area contributed by atoms with Crippen LogP contribution in [-0.4, -0.2) is 35.6 Å². The monoisotopic (exact) mass is 348 g/mol. The van der Waals surface area contributed by atoms with Crippen LogP contribution in [0, 0.1) is 0 Å². The molecule has 1 fully saturated rings. The Hall–Kier alpha value is -2.31. The molecule has 3 amide bonds. The molecular formula is C18H28N4O3. The average molecular weight is 348 g/mol. The van der Waals surface area contributed by atoms with E-state index >= 15 is 0 Å². The number of hydrogen-bond donors (Lipinski definition) is 3. The van der Waals surface area contributed by atoms with Crippen molar-refractivity contribution in [1.82, 2.24) is 20.9 Å². The Morgan fingerprint density at radius 3 is 2.64 bits per heavy atom. The number of urea groups is 1. The van der Waals surface area contributed by atoms with Gasteiger partial charge in [-0.15, -0.1) is 0 Å². The van der Waals surface area contributed by atoms with Crippen molar-refractivity contribution in [3.05, 3.63) is 23.9 Å². The van der Waals surface area contributed by atoms with Crippen molar-refractivity contribution in [2.75, 3.05) is 6.54 Å². The van der Waals surface area contributed by atoms with E-state index in [-0.39, 0.29) is 30.5 Å². The van der Waals surface area contributed by atoms with Crippen LogP contribution in [-0.2, 0) is 11.3 Å². The highest BCUT2D eigenvalue weighted by Gasteiger charge is 2.16. The van der Waals surface area contributed by atoms with Gasteiger partial charge >= 0.3 is 6.03 Å². The fourth-order valence-corrected chi connectivity index (χ4v) is 2.69. The molecular weight excluding hydrogens is 320 g/mol. The van der Waals surface area contributed by atoms with Crippen molar-refractivity contribution in [2.45, 2.75) is 64.6 Å². The zero-order chi connectivity index (χ0) is 18.1. The van der Waals surface area contributed by atoms with Gasteiger partial charge in [-0.1, -0.05) is 6.07 Å². The van der Waals surface area contributed by atoms with E-state index in [2.05, 4.69) is 20.9 Å². The zero-order valence-electron chi connectivity index (χ0n) is 15.0. The third-order valence-corrected chi connectivity index (χ3v) is 3.93. The fourth-order valence-electron chi connectivity index (χ4n) is 2.69. The first-order chi connectivity index (χ1) is 12.0. The molecule has 0 radical (unpaired) electrons. The summed E-state index contributed by atoms with van der Waals surface area (Å²) in [4.78, 5) is 27.5. The summed E-state index contributed by atoms with van der Waals surface area (Å²) < 4.78 is 5.81. The molecule has 7 heteroatoms. The summed E-state index contributed by atoms with van der Waals surface area (Å²) in [5.41, 5.74) is 0.895. The summed E-state index contributed by atoms with van der Waals surface area (Å²) in [6.07, 6.45) is 6.90. The molecule has 1 heterocycles. The Kier molecular flexibility index (Phi) is 7.50. The van der Waals surface area contributed by atoms with Gasteiger partial charge in [0, 0.05) is 37.8 Å². The van der Waals surface area contributed by atoms with Gasteiger partial charge in [-0.2, -0.15) is 0 Å². The lowest BCUT2D eigenvalue weighted by molar-refractivity contribution is -0.121. The summed E-state index contributed by atoms with van der Waals surface area (Å²) in [6, 6.07) is 3.54. The van der Waals surface area contributed by atoms with E-state index in [0.717, 1.165) is 18.4 Å². The van der Waals surface area contributed by atoms with Crippen LogP contribution in [0.2, 0.25) is 0 Å². The van der Waals surface area contributed by atoms with Gasteiger partial charge in [-0.05, 0) is 45.1 Å². The minimum atomic E-state index is -0.302. The molecule has 0 aliphatic heterocycles. The van der Waals surface area contributed by atoms with Crippen molar-refractivity contribution >= 4 is 11.9 Å². The molecule has 1 saturated carbocycles. The van der Waals surface area contributed by atoms with Crippen LogP contribution in [0.1, 0.15) is 51.5 Å². The Bertz CT molecular complexity index is 554. The van der Waals surface area contributed by atoms with Gasteiger partial charge in [-0.25, -0.2) is 9.78 Å². The summed E-state index contributed by atoms with van der Waals surface area (Å²) >= 11 is 0. The van der Waals surface area contributed by atoms with Crippen LogP contribution in [0.25, 0.3) is 0 Å². The van der Waals surface area contributed by atoms with E-state index in [4.69, 9.17) is 4.74 Å². The third-order valence-electron chi connectivity index (χ3n) is 3.93. The van der Waals surface area contributed by atoms with Gasteiger partial charge in [0.05, 0.1) is 0 Å². The topological polar surface area (TPSA) is 92.4 Å². The maximum Gasteiger partial charge on any atom is 0.315 e. The van der Waals surface area contributed by atoms with E-state index in [1.165, 1.54) is 12.8 Å². The molecule has 0 bridgehead atoms. The normalized spacial score (nSPS) is 14.4. The predicted molar refractivity (Wildman–Crippen MR) is 95.3 cm³/mol. The van der Waals surface area contributed by atoms with Crippen LogP contribution in [0.4, 0.5) is 4.79 Å². The van der Waals surface area contributed by atoms with Gasteiger partial charge in [0.25, 0.3) is 0 Å². The molecule has 1 aliphatic carbocycles. The lowest BCUT2D eigenvalue weighted by Crippen LogP contribution is -2.38. The lowest BCUT2D eigenvalue weighted by atomic mass is 10.3. The largest absolute Gasteiger partial charge is 0.474 e. The Balaban J connectivity index is 1.63. The first-order valence-corrected chi connectivity index (χ1v) is 8.95. The van der Waals surface area contributed by atoms with Crippen LogP contribution in [0.15, 0.2) is 18.3 Å². The van der Waals surface area contributed by atoms with Crippen molar-refractivity contribution in [3.8, 4) is 5.88 Å². The molecule has 2 rings (SSSR count). The second-order valence-corrected chi connectivity index (χ2v) is 6.61. The van der Waals surface area contributed by atoms with Gasteiger partial charge in [-0.3, -0.25) is 4.79 Å². The highest BCUT2D eigenvalue weighted by molar-refractivity contribution is 5.78. The van der Waals surface area contributed by atoms with E-state index < -0.39 is 0 Å². The second kappa shape index (κ2) is 9.86. The zero-order valence-corrected chi connectivity index (χ0v) is 15.0. The van der Waals surface area contributed by atoms with E-state index in [1.807, 2.05) is 26.0 Å². The number of carbonyl (C=O) groups is 2. The molecule has 1 aliphatic rings. The van der Waals surface area contributed by atoms with Crippen LogP contribution < -0.4 is 20.7 Å². The van der Waals surface area contributed by atoms with Gasteiger partial charge < -0.3 is 20.7 Å². The number of ether oxygens (including phenoxy) is 1. The minimum absolute atomic E-state index is 0.0719. The van der Waals surface area contributed by atoms with Crippen LogP contribution >= 0.6 is 0 Å². The number of aromatic nitrogens is 1. The van der Waals surface area contributed by atoms with Crippen LogP contribution in [0.5, 0.6) is 5.88 Å². The number of nitrogens with one attached hydrogen (secondary N) is 3. The molecule has 1 aromatic heterocycles. The average Bonchev–Trinajstić information content (AvgIpc) is 3.06. The molecule has 138 valence electrons. The molecule has 0 aromatic carbocycles. The molecule has 0 atom stereocenters. The molecule has 1 aromatic rings. The van der Waals surface area contributed by atoms with Crippen molar-refractivity contribution < 1.29 is 14.3 Å². The smallest absolute Gasteiger partial charge is 0.315 e. The number of rotatable bonds is 8. The Morgan fingerprint density at radius 2 is 2.00 bits per heavy atom. The van der Waals surface area contributed by atoms with Gasteiger partial charge in [0.15, 0.2) is 0 Å². The molecule has 0 unspecified atom stereocenters. The highest BCUT2D eigenvalue weighted by atomic mass is 16.5. The maximum atomic E-state index is 11.7. The van der Waals surface area contributed by atoms with Gasteiger partial charge in [0.1, 0.15) is 6.10 Å². The van der Waals surface area contributed by atoms with Crippen molar-refractivity contribution in [3.63, 3.8) is 0 Å². The van der Waals surface area contributed by atoms with E-state index in [0.29, 0.717) is 19.0 Å². The van der Waals surface area contributed by atoms with Gasteiger partial charge in [0.2, 0.25) is 11.8 Å². The summed E-state index contributed by atoms with van der Waals surface area (Å²) in [5, 5.41) is 8.18. The quantitative estimate of drug-likeness (QED) is 0.671. The van der Waals surface area contributed by atoms with Crippen molar-refractivity contribution in [2.24, 2.45) is 0 Å². The Labute approximate surface area is 148 Å². The number of amides is 3. The van der Waals surface area contributed by atoms with E-state index in [1.54, 1.807) is 6.20 Å². The molecule has 0 saturated heterocycles. The maximum absolute atomic E-state index is 11.7. The fraction of sp³-hybridized carbons (Fsp3) is 0.611.